The van der Waals surface area contributed by atoms with Crippen LogP contribution in [-0.4, -0.2) is 52.1 Å². The van der Waals surface area contributed by atoms with E-state index in [-0.39, 0.29) is 11.7 Å². The Morgan fingerprint density at radius 2 is 2.00 bits per heavy atom. The van der Waals surface area contributed by atoms with Crippen LogP contribution in [0.2, 0.25) is 10.0 Å². The first-order valence-corrected chi connectivity index (χ1v) is 9.19. The number of rotatable bonds is 2. The van der Waals surface area contributed by atoms with Gasteiger partial charge in [0.25, 0.3) is 5.91 Å². The molecule has 1 aliphatic rings. The number of fused-ring (bicyclic) bond motifs is 1. The average Bonchev–Trinajstić information content (AvgIpc) is 3.07. The number of amides is 1. The quantitative estimate of drug-likeness (QED) is 0.681. The van der Waals surface area contributed by atoms with Crippen molar-refractivity contribution in [2.24, 2.45) is 0 Å². The van der Waals surface area contributed by atoms with Gasteiger partial charge >= 0.3 is 0 Å². The Labute approximate surface area is 165 Å². The van der Waals surface area contributed by atoms with E-state index in [1.54, 1.807) is 30.0 Å². The Balaban J connectivity index is 1.87. The highest BCUT2D eigenvalue weighted by Gasteiger charge is 2.26. The second kappa shape index (κ2) is 6.99. The molecule has 1 saturated heterocycles. The molecule has 7 nitrogen and oxygen atoms in total. The number of aryl methyl sites for hydroxylation is 1. The number of benzene rings is 1. The number of nitrogens with zero attached hydrogens (tertiary/aromatic N) is 3. The molecule has 9 heteroatoms. The van der Waals surface area contributed by atoms with Crippen molar-refractivity contribution >= 4 is 46.0 Å². The number of imidazole rings is 1. The van der Waals surface area contributed by atoms with E-state index in [4.69, 9.17) is 33.7 Å². The summed E-state index contributed by atoms with van der Waals surface area (Å²) < 4.78 is 5.33. The molecule has 3 N–H and O–H groups in total. The minimum Gasteiger partial charge on any atom is -0.382 e. The second-order valence-electron chi connectivity index (χ2n) is 6.30. The van der Waals surface area contributed by atoms with Crippen molar-refractivity contribution in [3.63, 3.8) is 0 Å². The number of halogens is 2. The van der Waals surface area contributed by atoms with Crippen molar-refractivity contribution in [1.29, 1.82) is 0 Å². The summed E-state index contributed by atoms with van der Waals surface area (Å²) in [6.07, 6.45) is 0. The molecule has 0 spiro atoms. The third-order valence-corrected chi connectivity index (χ3v) is 5.09. The van der Waals surface area contributed by atoms with E-state index in [0.29, 0.717) is 70.0 Å². The molecule has 27 heavy (non-hydrogen) atoms. The molecule has 1 aromatic carbocycles. The highest BCUT2D eigenvalue weighted by molar-refractivity contribution is 6.36. The molecule has 3 heterocycles. The van der Waals surface area contributed by atoms with Crippen LogP contribution < -0.4 is 5.73 Å². The molecule has 3 aromatic rings. The minimum atomic E-state index is -0.131. The standard InChI is InChI=1S/C18H17Cl2N5O2/c1-9-13(18(26)25-4-6-27-7-5-25)14-15(16(21)22-9)24-17(23-14)11-3-2-10(19)8-12(11)20/h2-3,8H,4-7H2,1H3,(H2,21,22)(H,23,24). The lowest BCUT2D eigenvalue weighted by Gasteiger charge is -2.27. The van der Waals surface area contributed by atoms with Crippen LogP contribution in [0.25, 0.3) is 22.4 Å². The van der Waals surface area contributed by atoms with E-state index >= 15 is 0 Å². The highest BCUT2D eigenvalue weighted by atomic mass is 35.5. The zero-order valence-corrected chi connectivity index (χ0v) is 16.1. The Hall–Kier alpha value is -2.35. The van der Waals surface area contributed by atoms with Gasteiger partial charge in [0.2, 0.25) is 0 Å². The van der Waals surface area contributed by atoms with Crippen LogP contribution in [0.5, 0.6) is 0 Å². The molecule has 0 saturated carbocycles. The molecule has 0 unspecified atom stereocenters. The topological polar surface area (TPSA) is 97.1 Å². The molecule has 0 atom stereocenters. The minimum absolute atomic E-state index is 0.131. The van der Waals surface area contributed by atoms with Crippen LogP contribution in [0.3, 0.4) is 0 Å². The molecule has 2 aromatic heterocycles. The number of morpholine rings is 1. The van der Waals surface area contributed by atoms with Gasteiger partial charge in [-0.2, -0.15) is 0 Å². The molecular weight excluding hydrogens is 389 g/mol. The Morgan fingerprint density at radius 3 is 2.70 bits per heavy atom. The van der Waals surface area contributed by atoms with Gasteiger partial charge in [-0.3, -0.25) is 4.79 Å². The number of carbonyl (C=O) groups is 1. The molecule has 1 fully saturated rings. The Morgan fingerprint density at radius 1 is 1.26 bits per heavy atom. The number of anilines is 1. The van der Waals surface area contributed by atoms with Crippen LogP contribution in [0, 0.1) is 6.92 Å². The van der Waals surface area contributed by atoms with Crippen molar-refractivity contribution in [3.8, 4) is 11.4 Å². The van der Waals surface area contributed by atoms with Crippen molar-refractivity contribution < 1.29 is 9.53 Å². The first-order chi connectivity index (χ1) is 13.0. The smallest absolute Gasteiger partial charge is 0.258 e. The fourth-order valence-electron chi connectivity index (χ4n) is 3.19. The van der Waals surface area contributed by atoms with Gasteiger partial charge in [0.15, 0.2) is 0 Å². The maximum atomic E-state index is 13.1. The van der Waals surface area contributed by atoms with E-state index in [1.165, 1.54) is 0 Å². The summed E-state index contributed by atoms with van der Waals surface area (Å²) in [5.41, 5.74) is 8.72. The molecule has 0 radical (unpaired) electrons. The molecule has 140 valence electrons. The third-order valence-electron chi connectivity index (χ3n) is 4.55. The van der Waals surface area contributed by atoms with Gasteiger partial charge in [-0.15, -0.1) is 0 Å². The fraction of sp³-hybridized carbons (Fsp3) is 0.278. The van der Waals surface area contributed by atoms with Crippen molar-refractivity contribution in [1.82, 2.24) is 19.9 Å². The summed E-state index contributed by atoms with van der Waals surface area (Å²) >= 11 is 12.3. The van der Waals surface area contributed by atoms with Crippen molar-refractivity contribution in [2.45, 2.75) is 6.92 Å². The maximum Gasteiger partial charge on any atom is 0.258 e. The Kier molecular flexibility index (Phi) is 4.67. The second-order valence-corrected chi connectivity index (χ2v) is 7.14. The number of H-pyrrole nitrogens is 1. The first-order valence-electron chi connectivity index (χ1n) is 8.44. The normalized spacial score (nSPS) is 14.7. The predicted molar refractivity (Wildman–Crippen MR) is 105 cm³/mol. The summed E-state index contributed by atoms with van der Waals surface area (Å²) in [4.78, 5) is 26.9. The van der Waals surface area contributed by atoms with Crippen LogP contribution in [0.4, 0.5) is 5.82 Å². The SMILES string of the molecule is Cc1nc(N)c2[nH]c(-c3ccc(Cl)cc3Cl)nc2c1C(=O)N1CCOCC1. The molecule has 1 aliphatic heterocycles. The van der Waals surface area contributed by atoms with Crippen LogP contribution in [0.1, 0.15) is 16.1 Å². The van der Waals surface area contributed by atoms with E-state index in [0.717, 1.165) is 0 Å². The summed E-state index contributed by atoms with van der Waals surface area (Å²) in [5, 5.41) is 0.978. The number of carbonyl (C=O) groups excluding carboxylic acids is 1. The van der Waals surface area contributed by atoms with Crippen LogP contribution in [-0.2, 0) is 4.74 Å². The van der Waals surface area contributed by atoms with Gasteiger partial charge in [0.1, 0.15) is 22.7 Å². The molecule has 1 amide bonds. The summed E-state index contributed by atoms with van der Waals surface area (Å²) in [6, 6.07) is 5.13. The van der Waals surface area contributed by atoms with Gasteiger partial charge < -0.3 is 20.4 Å². The number of hydrogen-bond acceptors (Lipinski definition) is 5. The number of hydrogen-bond donors (Lipinski definition) is 2. The summed E-state index contributed by atoms with van der Waals surface area (Å²) in [6.45, 7) is 3.85. The average molecular weight is 406 g/mol. The number of ether oxygens (including phenoxy) is 1. The zero-order valence-electron chi connectivity index (χ0n) is 14.6. The van der Waals surface area contributed by atoms with E-state index in [9.17, 15) is 4.79 Å². The van der Waals surface area contributed by atoms with E-state index in [2.05, 4.69) is 15.0 Å². The van der Waals surface area contributed by atoms with E-state index < -0.39 is 0 Å². The molecule has 4 rings (SSSR count). The molecule has 0 aliphatic carbocycles. The van der Waals surface area contributed by atoms with Crippen molar-refractivity contribution in [2.75, 3.05) is 32.0 Å². The molecular formula is C18H17Cl2N5O2. The van der Waals surface area contributed by atoms with Crippen molar-refractivity contribution in [3.05, 3.63) is 39.5 Å². The number of aromatic nitrogens is 3. The number of nitrogens with two attached hydrogens (primary N) is 1. The van der Waals surface area contributed by atoms with Gasteiger partial charge in [-0.1, -0.05) is 23.2 Å². The highest BCUT2D eigenvalue weighted by Crippen LogP contribution is 2.32. The number of pyridine rings is 1. The zero-order chi connectivity index (χ0) is 19.1. The number of aromatic amines is 1. The van der Waals surface area contributed by atoms with Crippen LogP contribution >= 0.6 is 23.2 Å². The summed E-state index contributed by atoms with van der Waals surface area (Å²) in [5.74, 6) is 0.653. The number of nitrogens with one attached hydrogen (secondary N) is 1. The lowest BCUT2D eigenvalue weighted by Crippen LogP contribution is -2.41. The molecule has 0 bridgehead atoms. The monoisotopic (exact) mass is 405 g/mol. The van der Waals surface area contributed by atoms with E-state index in [1.807, 2.05) is 0 Å². The first kappa shape index (κ1) is 18.0. The van der Waals surface area contributed by atoms with Gasteiger partial charge in [0, 0.05) is 23.7 Å². The summed E-state index contributed by atoms with van der Waals surface area (Å²) in [7, 11) is 0. The maximum absolute atomic E-state index is 13.1. The van der Waals surface area contributed by atoms with Crippen LogP contribution in [0.15, 0.2) is 18.2 Å². The third kappa shape index (κ3) is 3.22. The predicted octanol–water partition coefficient (Wildman–Crippen LogP) is 3.29. The lowest BCUT2D eigenvalue weighted by molar-refractivity contribution is 0.0303. The van der Waals surface area contributed by atoms with Gasteiger partial charge in [0.05, 0.1) is 29.5 Å². The number of nitrogen functional groups attached to an aromatic ring is 1. The lowest BCUT2D eigenvalue weighted by atomic mass is 10.1. The Bertz CT molecular complexity index is 1040. The fourth-order valence-corrected chi connectivity index (χ4v) is 3.69. The van der Waals surface area contributed by atoms with Gasteiger partial charge in [-0.05, 0) is 25.1 Å². The largest absolute Gasteiger partial charge is 0.382 e. The van der Waals surface area contributed by atoms with Gasteiger partial charge in [-0.25, -0.2) is 9.97 Å².